The van der Waals surface area contributed by atoms with Crippen LogP contribution in [-0.2, 0) is 0 Å². The molecule has 1 aromatic heterocycles. The quantitative estimate of drug-likeness (QED) is 0.165. The summed E-state index contributed by atoms with van der Waals surface area (Å²) in [5, 5.41) is 14.4. The Hall–Kier alpha value is -7.48. The number of hydrogen-bond acceptors (Lipinski definition) is 1. The molecule has 0 aliphatic heterocycles. The van der Waals surface area contributed by atoms with E-state index in [1.807, 2.05) is 0 Å². The van der Waals surface area contributed by atoms with Crippen molar-refractivity contribution in [2.75, 3.05) is 0 Å². The molecule has 0 radical (unpaired) electrons. The Morgan fingerprint density at radius 2 is 0.614 bits per heavy atom. The van der Waals surface area contributed by atoms with Crippen molar-refractivity contribution in [1.82, 2.24) is 0 Å². The van der Waals surface area contributed by atoms with Crippen LogP contribution in [0.4, 0.5) is 0 Å². The minimum atomic E-state index is 0.939. The highest BCUT2D eigenvalue weighted by Gasteiger charge is 2.18. The van der Waals surface area contributed by atoms with Gasteiger partial charge in [0.2, 0.25) is 0 Å². The number of hydrogen-bond donors (Lipinski definition) is 0. The highest BCUT2D eigenvalue weighted by molar-refractivity contribution is 6.22. The van der Waals surface area contributed by atoms with E-state index in [-0.39, 0.29) is 0 Å². The molecule has 12 aromatic rings. The lowest BCUT2D eigenvalue weighted by atomic mass is 9.85. The summed E-state index contributed by atoms with van der Waals surface area (Å²) in [6.45, 7) is 0. The highest BCUT2D eigenvalue weighted by Crippen LogP contribution is 2.45. The monoisotopic (exact) mass is 722 g/mol. The Kier molecular flexibility index (Phi) is 7.00. The van der Waals surface area contributed by atoms with E-state index in [1.165, 1.54) is 82.0 Å². The molecule has 57 heavy (non-hydrogen) atoms. The largest absolute Gasteiger partial charge is 0.455 e. The van der Waals surface area contributed by atoms with Crippen LogP contribution in [0.5, 0.6) is 0 Å². The van der Waals surface area contributed by atoms with Gasteiger partial charge < -0.3 is 4.42 Å². The fourth-order valence-electron chi connectivity index (χ4n) is 9.29. The molecule has 0 saturated carbocycles. The van der Waals surface area contributed by atoms with E-state index in [4.69, 9.17) is 4.42 Å². The topological polar surface area (TPSA) is 13.1 Å². The predicted molar refractivity (Wildman–Crippen MR) is 243 cm³/mol. The molecule has 0 saturated heterocycles. The Morgan fingerprint density at radius 1 is 0.211 bits per heavy atom. The van der Waals surface area contributed by atoms with Gasteiger partial charge in [-0.3, -0.25) is 0 Å². The van der Waals surface area contributed by atoms with Crippen molar-refractivity contribution >= 4 is 75.8 Å². The lowest BCUT2D eigenvalue weighted by Gasteiger charge is -2.18. The molecule has 0 spiro atoms. The summed E-state index contributed by atoms with van der Waals surface area (Å²) in [5.74, 6) is 0. The van der Waals surface area contributed by atoms with Gasteiger partial charge in [0.05, 0.1) is 0 Å². The van der Waals surface area contributed by atoms with Gasteiger partial charge in [-0.05, 0) is 124 Å². The van der Waals surface area contributed by atoms with Crippen LogP contribution in [0.25, 0.3) is 120 Å². The fraction of sp³-hybridized carbons (Fsp3) is 0. The molecule has 1 nitrogen and oxygen atoms in total. The molecule has 12 rings (SSSR count). The van der Waals surface area contributed by atoms with Gasteiger partial charge in [0.15, 0.2) is 0 Å². The minimum Gasteiger partial charge on any atom is -0.455 e. The zero-order chi connectivity index (χ0) is 37.5. The molecular formula is C56H34O. The summed E-state index contributed by atoms with van der Waals surface area (Å²) in [5.41, 5.74) is 11.6. The second-order valence-corrected chi connectivity index (χ2v) is 15.2. The fourth-order valence-corrected chi connectivity index (χ4v) is 9.29. The van der Waals surface area contributed by atoms with Crippen LogP contribution in [0.15, 0.2) is 211 Å². The first-order valence-electron chi connectivity index (χ1n) is 19.7. The molecule has 0 bridgehead atoms. The van der Waals surface area contributed by atoms with E-state index >= 15 is 0 Å². The summed E-state index contributed by atoms with van der Waals surface area (Å²) in [4.78, 5) is 0. The zero-order valence-electron chi connectivity index (χ0n) is 31.0. The van der Waals surface area contributed by atoms with Gasteiger partial charge in [0.1, 0.15) is 11.2 Å². The molecule has 1 heterocycles. The van der Waals surface area contributed by atoms with Gasteiger partial charge >= 0.3 is 0 Å². The maximum Gasteiger partial charge on any atom is 0.143 e. The van der Waals surface area contributed by atoms with Crippen molar-refractivity contribution in [2.45, 2.75) is 0 Å². The van der Waals surface area contributed by atoms with Gasteiger partial charge in [-0.1, -0.05) is 170 Å². The molecule has 0 aliphatic carbocycles. The van der Waals surface area contributed by atoms with Crippen LogP contribution in [0.2, 0.25) is 0 Å². The average Bonchev–Trinajstić information content (AvgIpc) is 3.68. The van der Waals surface area contributed by atoms with E-state index < -0.39 is 0 Å². The molecule has 1 heteroatoms. The molecule has 0 unspecified atom stereocenters. The third-order valence-electron chi connectivity index (χ3n) is 12.0. The van der Waals surface area contributed by atoms with Gasteiger partial charge in [-0.25, -0.2) is 0 Å². The van der Waals surface area contributed by atoms with Gasteiger partial charge in [0.25, 0.3) is 0 Å². The molecule has 0 fully saturated rings. The van der Waals surface area contributed by atoms with E-state index in [0.717, 1.165) is 38.3 Å². The zero-order valence-corrected chi connectivity index (χ0v) is 31.0. The van der Waals surface area contributed by atoms with Crippen molar-refractivity contribution in [3.8, 4) is 44.5 Å². The standard InChI is InChI=1S/C56H34O/c1-2-13-38-31-41(25-23-35(38)11-1)39-14-9-16-43(32-39)53-46-19-5-7-21-48(46)54(49-22-8-6-20-47(49)53)44-17-10-15-40(33-44)42-26-24-37-28-30-51-50-29-27-36-12-3-4-18-45(36)55(50)57-56(51)52(37)34-42/h1-34H. The molecule has 0 amide bonds. The molecule has 0 atom stereocenters. The Labute approximate surface area is 329 Å². The number of rotatable bonds is 4. The number of fused-ring (bicyclic) bond motifs is 10. The second-order valence-electron chi connectivity index (χ2n) is 15.2. The summed E-state index contributed by atoms with van der Waals surface area (Å²) in [6, 6.07) is 75.4. The molecule has 264 valence electrons. The highest BCUT2D eigenvalue weighted by atomic mass is 16.3. The minimum absolute atomic E-state index is 0.939. The molecule has 0 N–H and O–H groups in total. The lowest BCUT2D eigenvalue weighted by molar-refractivity contribution is 0.676. The van der Waals surface area contributed by atoms with Gasteiger partial charge in [0, 0.05) is 21.5 Å². The van der Waals surface area contributed by atoms with Crippen molar-refractivity contribution in [1.29, 1.82) is 0 Å². The van der Waals surface area contributed by atoms with Gasteiger partial charge in [-0.15, -0.1) is 0 Å². The first-order chi connectivity index (χ1) is 28.2. The first kappa shape index (κ1) is 31.8. The summed E-state index contributed by atoms with van der Waals surface area (Å²) in [7, 11) is 0. The van der Waals surface area contributed by atoms with E-state index in [0.29, 0.717) is 0 Å². The van der Waals surface area contributed by atoms with E-state index in [1.54, 1.807) is 0 Å². The van der Waals surface area contributed by atoms with Crippen LogP contribution >= 0.6 is 0 Å². The van der Waals surface area contributed by atoms with Crippen LogP contribution in [0.3, 0.4) is 0 Å². The maximum atomic E-state index is 6.76. The van der Waals surface area contributed by atoms with Crippen molar-refractivity contribution in [3.63, 3.8) is 0 Å². The van der Waals surface area contributed by atoms with Crippen molar-refractivity contribution in [2.24, 2.45) is 0 Å². The average molecular weight is 723 g/mol. The van der Waals surface area contributed by atoms with Crippen molar-refractivity contribution < 1.29 is 4.42 Å². The Bertz CT molecular complexity index is 3530. The van der Waals surface area contributed by atoms with E-state index in [2.05, 4.69) is 206 Å². The van der Waals surface area contributed by atoms with Crippen LogP contribution < -0.4 is 0 Å². The predicted octanol–water partition coefficient (Wildman–Crippen LogP) is 16.0. The first-order valence-corrected chi connectivity index (χ1v) is 19.7. The van der Waals surface area contributed by atoms with Crippen molar-refractivity contribution in [3.05, 3.63) is 206 Å². The Morgan fingerprint density at radius 3 is 1.21 bits per heavy atom. The summed E-state index contributed by atoms with van der Waals surface area (Å²) >= 11 is 0. The lowest BCUT2D eigenvalue weighted by Crippen LogP contribution is -1.91. The normalized spacial score (nSPS) is 11.9. The van der Waals surface area contributed by atoms with E-state index in [9.17, 15) is 0 Å². The van der Waals surface area contributed by atoms with Crippen LogP contribution in [0.1, 0.15) is 0 Å². The van der Waals surface area contributed by atoms with Crippen LogP contribution in [0, 0.1) is 0 Å². The van der Waals surface area contributed by atoms with Gasteiger partial charge in [-0.2, -0.15) is 0 Å². The third kappa shape index (κ3) is 5.03. The smallest absolute Gasteiger partial charge is 0.143 e. The maximum absolute atomic E-state index is 6.76. The molecular weight excluding hydrogens is 689 g/mol. The molecule has 0 aliphatic rings. The SMILES string of the molecule is c1cc(-c2ccc3ccccc3c2)cc(-c2c3ccccc3c(-c3cccc(-c4ccc5ccc6c7ccc8ccccc8c7oc6c5c4)c3)c3ccccc23)c1. The Balaban J connectivity index is 1.02. The van der Waals surface area contributed by atoms with Crippen LogP contribution in [-0.4, -0.2) is 0 Å². The summed E-state index contributed by atoms with van der Waals surface area (Å²) in [6.07, 6.45) is 0. The molecule has 11 aromatic carbocycles. The number of furan rings is 1. The third-order valence-corrected chi connectivity index (χ3v) is 12.0. The number of benzene rings is 11. The summed E-state index contributed by atoms with van der Waals surface area (Å²) < 4.78 is 6.76. The second kappa shape index (κ2) is 12.5.